The molecule has 0 radical (unpaired) electrons. The van der Waals surface area contributed by atoms with Crippen molar-refractivity contribution in [1.29, 1.82) is 0 Å². The van der Waals surface area contributed by atoms with E-state index in [9.17, 15) is 5.11 Å². The second-order valence-electron chi connectivity index (χ2n) is 6.30. The molecule has 2 aromatic carbocycles. The summed E-state index contributed by atoms with van der Waals surface area (Å²) in [6.07, 6.45) is 9.00. The maximum absolute atomic E-state index is 9.62. The van der Waals surface area contributed by atoms with Crippen LogP contribution in [0.5, 0.6) is 5.75 Å². The number of benzene rings is 2. The molecule has 23 heavy (non-hydrogen) atoms. The number of halogens is 1. The van der Waals surface area contributed by atoms with Crippen molar-refractivity contribution in [2.75, 3.05) is 0 Å². The van der Waals surface area contributed by atoms with E-state index in [2.05, 4.69) is 40.2 Å². The molecule has 3 rings (SSSR count). The number of hydrogen-bond acceptors (Lipinski definition) is 1. The van der Waals surface area contributed by atoms with Gasteiger partial charge < -0.3 is 5.11 Å². The standard InChI is InChI=1S/C21H23BrO/c22-19-12-8-17(9-13-19)21(18-10-14-20(23)15-11-18)16-6-4-2-1-3-5-7-16/h8-15,23H,1-7H2. The first-order valence-corrected chi connectivity index (χ1v) is 9.31. The summed E-state index contributed by atoms with van der Waals surface area (Å²) in [5.74, 6) is 0.326. The fourth-order valence-corrected chi connectivity index (χ4v) is 3.67. The molecule has 120 valence electrons. The zero-order chi connectivity index (χ0) is 16.1. The Morgan fingerprint density at radius 1 is 0.696 bits per heavy atom. The third-order valence-electron chi connectivity index (χ3n) is 4.60. The predicted molar refractivity (Wildman–Crippen MR) is 101 cm³/mol. The van der Waals surface area contributed by atoms with Gasteiger partial charge in [0.15, 0.2) is 0 Å². The van der Waals surface area contributed by atoms with Crippen LogP contribution >= 0.6 is 15.9 Å². The monoisotopic (exact) mass is 370 g/mol. The molecule has 1 aliphatic carbocycles. The molecule has 0 atom stereocenters. The van der Waals surface area contributed by atoms with Crippen molar-refractivity contribution in [3.63, 3.8) is 0 Å². The molecule has 0 bridgehead atoms. The highest BCUT2D eigenvalue weighted by Crippen LogP contribution is 2.34. The van der Waals surface area contributed by atoms with Gasteiger partial charge in [0.25, 0.3) is 0 Å². The number of aromatic hydroxyl groups is 1. The molecule has 0 saturated heterocycles. The molecule has 0 amide bonds. The lowest BCUT2D eigenvalue weighted by Gasteiger charge is -2.19. The highest BCUT2D eigenvalue weighted by molar-refractivity contribution is 9.10. The normalized spacial score (nSPS) is 15.8. The van der Waals surface area contributed by atoms with Crippen molar-refractivity contribution in [2.45, 2.75) is 44.9 Å². The third kappa shape index (κ3) is 4.26. The number of rotatable bonds is 2. The minimum Gasteiger partial charge on any atom is -0.508 e. The smallest absolute Gasteiger partial charge is 0.115 e. The van der Waals surface area contributed by atoms with E-state index < -0.39 is 0 Å². The van der Waals surface area contributed by atoms with Crippen LogP contribution in [0.4, 0.5) is 0 Å². The fraction of sp³-hybridized carbons (Fsp3) is 0.333. The Labute approximate surface area is 147 Å². The summed E-state index contributed by atoms with van der Waals surface area (Å²) >= 11 is 3.53. The first-order valence-electron chi connectivity index (χ1n) is 8.51. The predicted octanol–water partition coefficient (Wildman–Crippen LogP) is 6.70. The second kappa shape index (κ2) is 7.83. The Morgan fingerprint density at radius 2 is 1.17 bits per heavy atom. The summed E-state index contributed by atoms with van der Waals surface area (Å²) in [7, 11) is 0. The third-order valence-corrected chi connectivity index (χ3v) is 5.13. The Hall–Kier alpha value is -1.54. The molecule has 1 N–H and O–H groups in total. The van der Waals surface area contributed by atoms with Crippen LogP contribution < -0.4 is 0 Å². The van der Waals surface area contributed by atoms with E-state index in [1.807, 2.05) is 12.1 Å². The number of phenolic OH excluding ortho intramolecular Hbond substituents is 1. The first-order chi connectivity index (χ1) is 11.2. The average Bonchev–Trinajstić information content (AvgIpc) is 2.53. The Kier molecular flexibility index (Phi) is 5.56. The summed E-state index contributed by atoms with van der Waals surface area (Å²) in [5.41, 5.74) is 5.41. The van der Waals surface area contributed by atoms with Crippen molar-refractivity contribution in [1.82, 2.24) is 0 Å². The Bertz CT molecular complexity index is 610. The Morgan fingerprint density at radius 3 is 1.74 bits per heavy atom. The molecule has 1 aliphatic rings. The van der Waals surface area contributed by atoms with Gasteiger partial charge in [-0.15, -0.1) is 0 Å². The summed E-state index contributed by atoms with van der Waals surface area (Å²) in [6.45, 7) is 0. The van der Waals surface area contributed by atoms with E-state index in [4.69, 9.17) is 0 Å². The molecule has 0 heterocycles. The fourth-order valence-electron chi connectivity index (χ4n) is 3.40. The van der Waals surface area contributed by atoms with Crippen molar-refractivity contribution < 1.29 is 5.11 Å². The van der Waals surface area contributed by atoms with Gasteiger partial charge in [-0.3, -0.25) is 0 Å². The minimum absolute atomic E-state index is 0.326. The summed E-state index contributed by atoms with van der Waals surface area (Å²) in [4.78, 5) is 0. The van der Waals surface area contributed by atoms with Gasteiger partial charge in [0.1, 0.15) is 5.75 Å². The van der Waals surface area contributed by atoms with Crippen LogP contribution in [-0.4, -0.2) is 5.11 Å². The lowest BCUT2D eigenvalue weighted by Crippen LogP contribution is -1.99. The second-order valence-corrected chi connectivity index (χ2v) is 7.22. The number of allylic oxidation sites excluding steroid dienone is 1. The quantitative estimate of drug-likeness (QED) is 0.623. The van der Waals surface area contributed by atoms with Crippen LogP contribution in [0.15, 0.2) is 58.6 Å². The maximum Gasteiger partial charge on any atom is 0.115 e. The van der Waals surface area contributed by atoms with Gasteiger partial charge in [0.05, 0.1) is 0 Å². The maximum atomic E-state index is 9.62. The molecular formula is C21H23BrO. The minimum atomic E-state index is 0.326. The molecular weight excluding hydrogens is 348 g/mol. The largest absolute Gasteiger partial charge is 0.508 e. The highest BCUT2D eigenvalue weighted by atomic mass is 79.9. The molecule has 2 heteroatoms. The summed E-state index contributed by atoms with van der Waals surface area (Å²) in [6, 6.07) is 16.3. The van der Waals surface area contributed by atoms with Crippen LogP contribution in [-0.2, 0) is 0 Å². The van der Waals surface area contributed by atoms with Gasteiger partial charge in [0, 0.05) is 4.47 Å². The SMILES string of the molecule is Oc1ccc(C(=C2CCCCCCC2)c2ccc(Br)cc2)cc1. The van der Waals surface area contributed by atoms with Gasteiger partial charge in [0.2, 0.25) is 0 Å². The van der Waals surface area contributed by atoms with Crippen molar-refractivity contribution in [2.24, 2.45) is 0 Å². The first kappa shape index (κ1) is 16.3. The topological polar surface area (TPSA) is 20.2 Å². The van der Waals surface area contributed by atoms with Crippen LogP contribution in [0.25, 0.3) is 5.57 Å². The number of phenols is 1. The molecule has 0 spiro atoms. The van der Waals surface area contributed by atoms with Gasteiger partial charge >= 0.3 is 0 Å². The molecule has 1 nitrogen and oxygen atoms in total. The van der Waals surface area contributed by atoms with Gasteiger partial charge in [-0.2, -0.15) is 0 Å². The molecule has 2 aromatic rings. The lowest BCUT2D eigenvalue weighted by atomic mass is 9.86. The van der Waals surface area contributed by atoms with E-state index in [-0.39, 0.29) is 0 Å². The van der Waals surface area contributed by atoms with Crippen molar-refractivity contribution >= 4 is 21.5 Å². The summed E-state index contributed by atoms with van der Waals surface area (Å²) in [5, 5.41) is 9.62. The zero-order valence-corrected chi connectivity index (χ0v) is 15.0. The van der Waals surface area contributed by atoms with Gasteiger partial charge in [-0.25, -0.2) is 0 Å². The van der Waals surface area contributed by atoms with E-state index in [0.717, 1.165) is 4.47 Å². The number of hydrogen-bond donors (Lipinski definition) is 1. The van der Waals surface area contributed by atoms with E-state index in [1.165, 1.54) is 61.6 Å². The van der Waals surface area contributed by atoms with Crippen LogP contribution in [0, 0.1) is 0 Å². The van der Waals surface area contributed by atoms with E-state index >= 15 is 0 Å². The van der Waals surface area contributed by atoms with Gasteiger partial charge in [-0.05, 0) is 66.6 Å². The van der Waals surface area contributed by atoms with Crippen LogP contribution in [0.1, 0.15) is 56.1 Å². The van der Waals surface area contributed by atoms with E-state index in [0.29, 0.717) is 5.75 Å². The Balaban J connectivity index is 2.07. The molecule has 0 unspecified atom stereocenters. The van der Waals surface area contributed by atoms with Gasteiger partial charge in [-0.1, -0.05) is 65.0 Å². The summed E-state index contributed by atoms with van der Waals surface area (Å²) < 4.78 is 1.11. The molecule has 1 saturated carbocycles. The lowest BCUT2D eigenvalue weighted by molar-refractivity contribution is 0.475. The van der Waals surface area contributed by atoms with Crippen molar-refractivity contribution in [3.05, 3.63) is 69.7 Å². The highest BCUT2D eigenvalue weighted by Gasteiger charge is 2.13. The van der Waals surface area contributed by atoms with E-state index in [1.54, 1.807) is 17.7 Å². The zero-order valence-electron chi connectivity index (χ0n) is 13.4. The molecule has 0 aliphatic heterocycles. The van der Waals surface area contributed by atoms with Crippen LogP contribution in [0.2, 0.25) is 0 Å². The molecule has 0 aromatic heterocycles. The van der Waals surface area contributed by atoms with Crippen molar-refractivity contribution in [3.8, 4) is 5.75 Å². The molecule has 1 fully saturated rings. The average molecular weight is 371 g/mol. The van der Waals surface area contributed by atoms with Crippen LogP contribution in [0.3, 0.4) is 0 Å².